The van der Waals surface area contributed by atoms with Crippen LogP contribution in [-0.2, 0) is 9.59 Å². The highest BCUT2D eigenvalue weighted by Crippen LogP contribution is 2.30. The van der Waals surface area contributed by atoms with Crippen LogP contribution in [0.4, 0.5) is 11.4 Å². The van der Waals surface area contributed by atoms with Gasteiger partial charge in [-0.25, -0.2) is 0 Å². The molecule has 0 aromatic heterocycles. The van der Waals surface area contributed by atoms with Crippen LogP contribution in [0.15, 0.2) is 36.4 Å². The van der Waals surface area contributed by atoms with Crippen LogP contribution in [0.5, 0.6) is 0 Å². The summed E-state index contributed by atoms with van der Waals surface area (Å²) in [6.45, 7) is 3.68. The quantitative estimate of drug-likeness (QED) is 0.673. The number of carbonyl (C=O) groups excluding carboxylic acids is 2. The third-order valence-electron chi connectivity index (χ3n) is 3.97. The van der Waals surface area contributed by atoms with Crippen LogP contribution >= 0.6 is 0 Å². The van der Waals surface area contributed by atoms with E-state index in [0.717, 1.165) is 16.5 Å². The van der Waals surface area contributed by atoms with Crippen molar-refractivity contribution < 1.29 is 9.59 Å². The topological polar surface area (TPSA) is 75.4 Å². The van der Waals surface area contributed by atoms with Crippen LogP contribution in [0.3, 0.4) is 0 Å². The lowest BCUT2D eigenvalue weighted by molar-refractivity contribution is -0.140. The molecule has 2 aromatic carbocycles. The lowest BCUT2D eigenvalue weighted by Gasteiger charge is -2.20. The summed E-state index contributed by atoms with van der Waals surface area (Å²) >= 11 is 0. The zero-order valence-electron chi connectivity index (χ0n) is 12.7. The number of fused-ring (bicyclic) bond motifs is 1. The molecule has 0 spiro atoms. The van der Waals surface area contributed by atoms with Crippen LogP contribution in [0, 0.1) is 0 Å². The molecule has 5 nitrogen and oxygen atoms in total. The SMILES string of the molecule is CC(C)N1C(=O)C[C@@H](Nc2cccc3cccc(N)c23)C1=O. The van der Waals surface area contributed by atoms with Crippen molar-refractivity contribution in [2.24, 2.45) is 0 Å². The summed E-state index contributed by atoms with van der Waals surface area (Å²) in [4.78, 5) is 25.7. The van der Waals surface area contributed by atoms with Crippen LogP contribution < -0.4 is 11.1 Å². The van der Waals surface area contributed by atoms with Gasteiger partial charge in [-0.05, 0) is 31.4 Å². The Morgan fingerprint density at radius 2 is 1.86 bits per heavy atom. The Kier molecular flexibility index (Phi) is 3.48. The van der Waals surface area contributed by atoms with Gasteiger partial charge in [0.05, 0.1) is 6.42 Å². The minimum Gasteiger partial charge on any atom is -0.398 e. The molecule has 1 heterocycles. The van der Waals surface area contributed by atoms with Gasteiger partial charge in [0.2, 0.25) is 5.91 Å². The number of hydrogen-bond acceptors (Lipinski definition) is 4. The molecule has 3 N–H and O–H groups in total. The van der Waals surface area contributed by atoms with Crippen molar-refractivity contribution in [2.45, 2.75) is 32.4 Å². The third-order valence-corrected chi connectivity index (χ3v) is 3.97. The molecule has 0 radical (unpaired) electrons. The molecule has 5 heteroatoms. The monoisotopic (exact) mass is 297 g/mol. The van der Waals surface area contributed by atoms with Gasteiger partial charge < -0.3 is 11.1 Å². The minimum absolute atomic E-state index is 0.121. The van der Waals surface area contributed by atoms with Gasteiger partial charge in [-0.15, -0.1) is 0 Å². The predicted molar refractivity (Wildman–Crippen MR) is 87.4 cm³/mol. The Morgan fingerprint density at radius 3 is 2.50 bits per heavy atom. The summed E-state index contributed by atoms with van der Waals surface area (Å²) in [5.74, 6) is -0.308. The highest BCUT2D eigenvalue weighted by Gasteiger charge is 2.40. The summed E-state index contributed by atoms with van der Waals surface area (Å²) in [5.41, 5.74) is 7.50. The summed E-state index contributed by atoms with van der Waals surface area (Å²) in [6, 6.07) is 10.8. The molecule has 3 rings (SSSR count). The standard InChI is InChI=1S/C17H19N3O2/c1-10(2)20-15(21)9-14(17(20)22)19-13-8-4-6-11-5-3-7-12(18)16(11)13/h3-8,10,14,19H,9,18H2,1-2H3/t14-/m1/s1. The number of carbonyl (C=O) groups is 2. The molecule has 0 saturated carbocycles. The summed E-state index contributed by atoms with van der Waals surface area (Å²) in [7, 11) is 0. The van der Waals surface area contributed by atoms with Gasteiger partial charge in [0, 0.05) is 22.8 Å². The van der Waals surface area contributed by atoms with Crippen molar-refractivity contribution in [1.29, 1.82) is 0 Å². The van der Waals surface area contributed by atoms with E-state index in [9.17, 15) is 9.59 Å². The molecule has 1 aliphatic rings. The second-order valence-corrected chi connectivity index (χ2v) is 5.85. The van der Waals surface area contributed by atoms with Crippen molar-refractivity contribution in [3.63, 3.8) is 0 Å². The number of rotatable bonds is 3. The first-order valence-electron chi connectivity index (χ1n) is 7.38. The fraction of sp³-hybridized carbons (Fsp3) is 0.294. The number of likely N-dealkylation sites (tertiary alicyclic amines) is 1. The van der Waals surface area contributed by atoms with E-state index >= 15 is 0 Å². The van der Waals surface area contributed by atoms with Gasteiger partial charge in [-0.3, -0.25) is 14.5 Å². The molecule has 0 bridgehead atoms. The first kappa shape index (κ1) is 14.4. The van der Waals surface area contributed by atoms with Crippen LogP contribution in [0.1, 0.15) is 20.3 Å². The molecule has 114 valence electrons. The van der Waals surface area contributed by atoms with Gasteiger partial charge in [-0.1, -0.05) is 24.3 Å². The number of nitrogens with two attached hydrogens (primary N) is 1. The number of nitrogens with zero attached hydrogens (tertiary/aromatic N) is 1. The van der Waals surface area contributed by atoms with Crippen molar-refractivity contribution in [3.8, 4) is 0 Å². The fourth-order valence-corrected chi connectivity index (χ4v) is 2.98. The van der Waals surface area contributed by atoms with Crippen LogP contribution in [0.25, 0.3) is 10.8 Å². The maximum absolute atomic E-state index is 12.4. The fourth-order valence-electron chi connectivity index (χ4n) is 2.98. The Hall–Kier alpha value is -2.56. The summed E-state index contributed by atoms with van der Waals surface area (Å²) < 4.78 is 0. The Labute approximate surface area is 129 Å². The maximum Gasteiger partial charge on any atom is 0.252 e. The number of amides is 2. The average molecular weight is 297 g/mol. The Balaban J connectivity index is 1.95. The number of benzene rings is 2. The minimum atomic E-state index is -0.528. The molecular weight excluding hydrogens is 278 g/mol. The van der Waals surface area contributed by atoms with Gasteiger partial charge in [0.25, 0.3) is 5.91 Å². The first-order valence-corrected chi connectivity index (χ1v) is 7.38. The molecule has 0 aliphatic carbocycles. The van der Waals surface area contributed by atoms with E-state index in [1.807, 2.05) is 50.2 Å². The van der Waals surface area contributed by atoms with Crippen molar-refractivity contribution >= 4 is 34.0 Å². The van der Waals surface area contributed by atoms with Crippen molar-refractivity contribution in [3.05, 3.63) is 36.4 Å². The van der Waals surface area contributed by atoms with E-state index in [2.05, 4.69) is 5.32 Å². The largest absolute Gasteiger partial charge is 0.398 e. The Morgan fingerprint density at radius 1 is 1.18 bits per heavy atom. The second kappa shape index (κ2) is 5.33. The molecule has 2 aromatic rings. The number of nitrogens with one attached hydrogen (secondary N) is 1. The third kappa shape index (κ3) is 2.28. The molecular formula is C17H19N3O2. The van der Waals surface area contributed by atoms with Gasteiger partial charge in [-0.2, -0.15) is 0 Å². The first-order chi connectivity index (χ1) is 10.5. The molecule has 22 heavy (non-hydrogen) atoms. The zero-order valence-corrected chi connectivity index (χ0v) is 12.7. The lowest BCUT2D eigenvalue weighted by Crippen LogP contribution is -2.39. The number of hydrogen-bond donors (Lipinski definition) is 2. The summed E-state index contributed by atoms with van der Waals surface area (Å²) in [6.07, 6.45) is 0.181. The van der Waals surface area contributed by atoms with Gasteiger partial charge in [0.1, 0.15) is 6.04 Å². The van der Waals surface area contributed by atoms with Crippen LogP contribution in [0.2, 0.25) is 0 Å². The highest BCUT2D eigenvalue weighted by molar-refractivity contribution is 6.09. The smallest absolute Gasteiger partial charge is 0.252 e. The molecule has 1 saturated heterocycles. The van der Waals surface area contributed by atoms with E-state index in [-0.39, 0.29) is 24.3 Å². The van der Waals surface area contributed by atoms with E-state index in [1.54, 1.807) is 0 Å². The summed E-state index contributed by atoms with van der Waals surface area (Å²) in [5, 5.41) is 5.08. The maximum atomic E-state index is 12.4. The van der Waals surface area contributed by atoms with Gasteiger partial charge in [0.15, 0.2) is 0 Å². The molecule has 1 atom stereocenters. The molecule has 2 amide bonds. The van der Waals surface area contributed by atoms with E-state index in [4.69, 9.17) is 5.73 Å². The molecule has 0 unspecified atom stereocenters. The van der Waals surface area contributed by atoms with Crippen molar-refractivity contribution in [1.82, 2.24) is 4.90 Å². The average Bonchev–Trinajstić information content (AvgIpc) is 2.73. The predicted octanol–water partition coefficient (Wildman–Crippen LogP) is 2.37. The highest BCUT2D eigenvalue weighted by atomic mass is 16.2. The van der Waals surface area contributed by atoms with E-state index in [1.165, 1.54) is 4.90 Å². The van der Waals surface area contributed by atoms with E-state index in [0.29, 0.717) is 5.69 Å². The molecule has 1 fully saturated rings. The Bertz CT molecular complexity index is 749. The van der Waals surface area contributed by atoms with Gasteiger partial charge >= 0.3 is 0 Å². The number of imide groups is 1. The second-order valence-electron chi connectivity index (χ2n) is 5.85. The lowest BCUT2D eigenvalue weighted by atomic mass is 10.1. The molecule has 1 aliphatic heterocycles. The normalized spacial score (nSPS) is 18.5. The number of nitrogen functional groups attached to an aromatic ring is 1. The zero-order chi connectivity index (χ0) is 15.9. The number of anilines is 2. The van der Waals surface area contributed by atoms with E-state index < -0.39 is 6.04 Å². The van der Waals surface area contributed by atoms with Crippen LogP contribution in [-0.4, -0.2) is 28.8 Å². The van der Waals surface area contributed by atoms with Crippen molar-refractivity contribution in [2.75, 3.05) is 11.1 Å².